The number of rotatable bonds is 1. The average Bonchev–Trinajstić information content (AvgIpc) is 2.17. The van der Waals surface area contributed by atoms with Crippen molar-refractivity contribution in [1.29, 1.82) is 0 Å². The minimum Gasteiger partial charge on any atom is -0.344 e. The van der Waals surface area contributed by atoms with E-state index < -0.39 is 10.3 Å². The molecule has 1 aliphatic heterocycles. The Balaban J connectivity index is 2.69. The summed E-state index contributed by atoms with van der Waals surface area (Å²) >= 11 is 0. The van der Waals surface area contributed by atoms with Crippen LogP contribution < -0.4 is 0 Å². The fourth-order valence-electron chi connectivity index (χ4n) is 0.601. The zero-order valence-corrected chi connectivity index (χ0v) is 5.69. The monoisotopic (exact) mass is 130 g/mol. The van der Waals surface area contributed by atoms with Crippen LogP contribution in [-0.2, 0) is 0 Å². The summed E-state index contributed by atoms with van der Waals surface area (Å²) in [4.78, 5) is 0. The quantitative estimate of drug-likeness (QED) is 0.577. The number of hydrogen-bond donors (Lipinski definition) is 1. The fourth-order valence-corrected chi connectivity index (χ4v) is 1.80. The first kappa shape index (κ1) is 5.92. The van der Waals surface area contributed by atoms with Crippen LogP contribution in [0.15, 0.2) is 23.0 Å². The molecule has 0 saturated carbocycles. The Morgan fingerprint density at radius 2 is 1.88 bits per heavy atom. The Kier molecular flexibility index (Phi) is 1.45. The lowest BCUT2D eigenvalue weighted by Gasteiger charge is -2.20. The van der Waals surface area contributed by atoms with Crippen molar-refractivity contribution < 1.29 is 4.55 Å². The van der Waals surface area contributed by atoms with Crippen LogP contribution in [0.2, 0.25) is 0 Å². The molecule has 2 heteroatoms. The lowest BCUT2D eigenvalue weighted by atomic mass is 10.6. The Hall–Kier alpha value is -0.210. The summed E-state index contributed by atoms with van der Waals surface area (Å²) in [6.07, 6.45) is 3.80. The largest absolute Gasteiger partial charge is 0.344 e. The molecular weight excluding hydrogens is 120 g/mol. The molecule has 0 amide bonds. The van der Waals surface area contributed by atoms with Gasteiger partial charge in [0.1, 0.15) is 0 Å². The summed E-state index contributed by atoms with van der Waals surface area (Å²) in [5.41, 5.74) is 0. The summed E-state index contributed by atoms with van der Waals surface area (Å²) in [5, 5.41) is 3.76. The van der Waals surface area contributed by atoms with Crippen LogP contribution in [0.5, 0.6) is 0 Å². The van der Waals surface area contributed by atoms with Crippen molar-refractivity contribution >= 4 is 10.3 Å². The SMILES string of the molecule is CCS1(O)C=CC=C1. The third-order valence-electron chi connectivity index (χ3n) is 1.20. The van der Waals surface area contributed by atoms with Crippen LogP contribution in [-0.4, -0.2) is 10.3 Å². The van der Waals surface area contributed by atoms with E-state index in [9.17, 15) is 4.55 Å². The van der Waals surface area contributed by atoms with Crippen LogP contribution in [0.4, 0.5) is 0 Å². The normalized spacial score (nSPS) is 26.2. The highest BCUT2D eigenvalue weighted by Crippen LogP contribution is 2.48. The molecule has 0 bridgehead atoms. The lowest BCUT2D eigenvalue weighted by Crippen LogP contribution is -1.88. The fraction of sp³-hybridized carbons (Fsp3) is 0.333. The molecule has 1 nitrogen and oxygen atoms in total. The molecule has 0 fully saturated rings. The van der Waals surface area contributed by atoms with Crippen molar-refractivity contribution in [3.05, 3.63) is 23.0 Å². The molecule has 0 atom stereocenters. The third-order valence-corrected chi connectivity index (χ3v) is 3.38. The Morgan fingerprint density at radius 1 is 1.38 bits per heavy atom. The standard InChI is InChI=1S/C6H10OS/c1-2-8(7)5-3-4-6-8/h3-7H,2H2,1H3. The van der Waals surface area contributed by atoms with Crippen molar-refractivity contribution in [1.82, 2.24) is 0 Å². The van der Waals surface area contributed by atoms with Crippen molar-refractivity contribution in [2.45, 2.75) is 6.92 Å². The zero-order chi connectivity index (χ0) is 6.04. The van der Waals surface area contributed by atoms with E-state index in [1.165, 1.54) is 0 Å². The van der Waals surface area contributed by atoms with Gasteiger partial charge in [-0.3, -0.25) is 0 Å². The maximum atomic E-state index is 9.41. The van der Waals surface area contributed by atoms with Gasteiger partial charge in [-0.15, -0.1) is 0 Å². The lowest BCUT2D eigenvalue weighted by molar-refractivity contribution is 0.645. The minimum atomic E-state index is -1.40. The van der Waals surface area contributed by atoms with Gasteiger partial charge in [0, 0.05) is 5.75 Å². The van der Waals surface area contributed by atoms with Crippen LogP contribution in [0, 0.1) is 0 Å². The van der Waals surface area contributed by atoms with Gasteiger partial charge in [-0.25, -0.2) is 0 Å². The predicted octanol–water partition coefficient (Wildman–Crippen LogP) is 2.32. The molecule has 0 saturated heterocycles. The van der Waals surface area contributed by atoms with E-state index >= 15 is 0 Å². The summed E-state index contributed by atoms with van der Waals surface area (Å²) in [5.74, 6) is 0.847. The molecule has 0 aromatic heterocycles. The van der Waals surface area contributed by atoms with Crippen LogP contribution >= 0.6 is 10.3 Å². The molecule has 0 spiro atoms. The molecule has 8 heavy (non-hydrogen) atoms. The van der Waals surface area contributed by atoms with Crippen molar-refractivity contribution in [2.24, 2.45) is 0 Å². The smallest absolute Gasteiger partial charge is 0.00317 e. The van der Waals surface area contributed by atoms with E-state index in [0.717, 1.165) is 5.75 Å². The highest BCUT2D eigenvalue weighted by molar-refractivity contribution is 8.34. The van der Waals surface area contributed by atoms with Gasteiger partial charge in [-0.1, -0.05) is 29.4 Å². The molecule has 1 aliphatic rings. The molecule has 46 valence electrons. The first-order valence-electron chi connectivity index (χ1n) is 2.65. The predicted molar refractivity (Wildman–Crippen MR) is 39.0 cm³/mol. The van der Waals surface area contributed by atoms with Gasteiger partial charge in [0.15, 0.2) is 0 Å². The molecule has 0 aromatic rings. The van der Waals surface area contributed by atoms with E-state index in [-0.39, 0.29) is 0 Å². The molecular formula is C6H10OS. The second-order valence-electron chi connectivity index (χ2n) is 1.76. The molecule has 0 unspecified atom stereocenters. The van der Waals surface area contributed by atoms with Gasteiger partial charge in [-0.05, 0) is 10.8 Å². The van der Waals surface area contributed by atoms with Crippen molar-refractivity contribution in [2.75, 3.05) is 5.75 Å². The summed E-state index contributed by atoms with van der Waals surface area (Å²) in [7, 11) is -1.40. The summed E-state index contributed by atoms with van der Waals surface area (Å²) < 4.78 is 9.41. The summed E-state index contributed by atoms with van der Waals surface area (Å²) in [6, 6.07) is 0. The van der Waals surface area contributed by atoms with E-state index in [1.54, 1.807) is 0 Å². The number of hydrogen-bond acceptors (Lipinski definition) is 1. The van der Waals surface area contributed by atoms with E-state index in [4.69, 9.17) is 0 Å². The van der Waals surface area contributed by atoms with E-state index in [2.05, 4.69) is 0 Å². The molecule has 1 N–H and O–H groups in total. The Morgan fingerprint density at radius 3 is 2.12 bits per heavy atom. The molecule has 0 radical (unpaired) electrons. The van der Waals surface area contributed by atoms with Gasteiger partial charge in [0.2, 0.25) is 0 Å². The van der Waals surface area contributed by atoms with Gasteiger partial charge in [-0.2, -0.15) is 0 Å². The average molecular weight is 130 g/mol. The zero-order valence-electron chi connectivity index (χ0n) is 4.87. The first-order valence-corrected chi connectivity index (χ1v) is 4.54. The Labute approximate surface area is 51.2 Å². The maximum Gasteiger partial charge on any atom is 0.00317 e. The van der Waals surface area contributed by atoms with Crippen molar-refractivity contribution in [3.8, 4) is 0 Å². The third kappa shape index (κ3) is 0.956. The summed E-state index contributed by atoms with van der Waals surface area (Å²) in [6.45, 7) is 2.00. The molecule has 1 rings (SSSR count). The van der Waals surface area contributed by atoms with E-state index in [0.29, 0.717) is 0 Å². The number of allylic oxidation sites excluding steroid dienone is 2. The first-order chi connectivity index (χ1) is 3.77. The van der Waals surface area contributed by atoms with Gasteiger partial charge < -0.3 is 4.55 Å². The van der Waals surface area contributed by atoms with Crippen LogP contribution in [0.3, 0.4) is 0 Å². The highest BCUT2D eigenvalue weighted by Gasteiger charge is 2.11. The second kappa shape index (κ2) is 1.96. The van der Waals surface area contributed by atoms with E-state index in [1.807, 2.05) is 29.9 Å². The minimum absolute atomic E-state index is 0.847. The molecule has 0 aliphatic carbocycles. The molecule has 0 aromatic carbocycles. The van der Waals surface area contributed by atoms with Crippen LogP contribution in [0.1, 0.15) is 6.92 Å². The maximum absolute atomic E-state index is 9.41. The highest BCUT2D eigenvalue weighted by atomic mass is 32.3. The van der Waals surface area contributed by atoms with Crippen LogP contribution in [0.25, 0.3) is 0 Å². The van der Waals surface area contributed by atoms with Gasteiger partial charge >= 0.3 is 0 Å². The van der Waals surface area contributed by atoms with Crippen molar-refractivity contribution in [3.63, 3.8) is 0 Å². The molecule has 1 heterocycles. The van der Waals surface area contributed by atoms with Gasteiger partial charge in [0.25, 0.3) is 0 Å². The topological polar surface area (TPSA) is 20.2 Å². The Bertz CT molecular complexity index is 125. The second-order valence-corrected chi connectivity index (χ2v) is 4.50. The van der Waals surface area contributed by atoms with Gasteiger partial charge in [0.05, 0.1) is 0 Å².